The predicted octanol–water partition coefficient (Wildman–Crippen LogP) is 3.54. The van der Waals surface area contributed by atoms with Gasteiger partial charge >= 0.3 is 0 Å². The molecule has 1 amide bonds. The van der Waals surface area contributed by atoms with Crippen molar-refractivity contribution in [1.82, 2.24) is 4.90 Å². The van der Waals surface area contributed by atoms with Gasteiger partial charge in [-0.15, -0.1) is 0 Å². The van der Waals surface area contributed by atoms with Crippen LogP contribution in [-0.4, -0.2) is 30.2 Å². The summed E-state index contributed by atoms with van der Waals surface area (Å²) in [7, 11) is 1.55. The molecule has 1 heterocycles. The van der Waals surface area contributed by atoms with Gasteiger partial charge in [-0.05, 0) is 18.6 Å². The second-order valence-electron chi connectivity index (χ2n) is 6.82. The Labute approximate surface area is 153 Å². The van der Waals surface area contributed by atoms with Crippen LogP contribution in [0.25, 0.3) is 0 Å². The highest BCUT2D eigenvalue weighted by Crippen LogP contribution is 2.35. The summed E-state index contributed by atoms with van der Waals surface area (Å²) >= 11 is 0. The Morgan fingerprint density at radius 1 is 1.07 bits per heavy atom. The fraction of sp³-hybridized carbons (Fsp3) is 0.300. The van der Waals surface area contributed by atoms with Crippen LogP contribution in [0.15, 0.2) is 30.3 Å². The van der Waals surface area contributed by atoms with Gasteiger partial charge in [-0.1, -0.05) is 29.8 Å². The number of likely N-dealkylation sites (N-methyl/N-ethyl adjacent to an activating group) is 1. The number of hydrogen-bond acceptors (Lipinski definition) is 2. The molecule has 0 saturated carbocycles. The quantitative estimate of drug-likeness (QED) is 0.353. The number of amides is 1. The van der Waals surface area contributed by atoms with Crippen LogP contribution in [0.2, 0.25) is 0 Å². The first-order chi connectivity index (χ1) is 12.7. The molecule has 3 rings (SSSR count). The van der Waals surface area contributed by atoms with E-state index in [1.165, 1.54) is 4.90 Å². The smallest absolute Gasteiger partial charge is 0.233 e. The zero-order valence-corrected chi connectivity index (χ0v) is 14.7. The van der Waals surface area contributed by atoms with Gasteiger partial charge in [0.25, 0.3) is 0 Å². The summed E-state index contributed by atoms with van der Waals surface area (Å²) in [6, 6.07) is 7.78. The van der Waals surface area contributed by atoms with E-state index in [9.17, 15) is 27.2 Å². The molecule has 2 aromatic carbocycles. The summed E-state index contributed by atoms with van der Waals surface area (Å²) in [5, 5.41) is 0. The van der Waals surface area contributed by atoms with Crippen LogP contribution in [-0.2, 0) is 16.0 Å². The standard InChI is InChI=1S/C20H17F4NO2/c1-10-3-5-11(6-4-10)13-9-25(2)20(27)16(13)15(26)8-12-7-14(21)18(23)19(24)17(12)22/h3-7,13,16H,8-9H2,1-2H3/t13-,16+/m1/s1. The average Bonchev–Trinajstić information content (AvgIpc) is 2.93. The van der Waals surface area contributed by atoms with Crippen LogP contribution in [0.4, 0.5) is 17.6 Å². The number of likely N-dealkylation sites (tertiary alicyclic amines) is 1. The van der Waals surface area contributed by atoms with Gasteiger partial charge in [0.2, 0.25) is 5.91 Å². The van der Waals surface area contributed by atoms with E-state index < -0.39 is 58.8 Å². The number of ketones is 1. The minimum absolute atomic E-state index is 0.299. The van der Waals surface area contributed by atoms with Crippen molar-refractivity contribution in [3.63, 3.8) is 0 Å². The van der Waals surface area contributed by atoms with Crippen molar-refractivity contribution < 1.29 is 27.2 Å². The molecule has 2 aromatic rings. The first-order valence-electron chi connectivity index (χ1n) is 8.36. The maximum atomic E-state index is 13.9. The van der Waals surface area contributed by atoms with Crippen LogP contribution in [0.3, 0.4) is 0 Å². The van der Waals surface area contributed by atoms with Crippen LogP contribution in [0, 0.1) is 36.1 Å². The topological polar surface area (TPSA) is 37.4 Å². The lowest BCUT2D eigenvalue weighted by Crippen LogP contribution is -2.29. The van der Waals surface area contributed by atoms with E-state index in [-0.39, 0.29) is 0 Å². The molecule has 142 valence electrons. The van der Waals surface area contributed by atoms with Crippen molar-refractivity contribution >= 4 is 11.7 Å². The van der Waals surface area contributed by atoms with Gasteiger partial charge in [-0.3, -0.25) is 9.59 Å². The van der Waals surface area contributed by atoms with Crippen molar-refractivity contribution in [2.75, 3.05) is 13.6 Å². The van der Waals surface area contributed by atoms with E-state index >= 15 is 0 Å². The van der Waals surface area contributed by atoms with E-state index in [1.807, 2.05) is 31.2 Å². The van der Waals surface area contributed by atoms with E-state index in [4.69, 9.17) is 0 Å². The maximum absolute atomic E-state index is 13.9. The Hall–Kier alpha value is -2.70. The molecule has 7 heteroatoms. The van der Waals surface area contributed by atoms with Crippen molar-refractivity contribution in [2.24, 2.45) is 5.92 Å². The van der Waals surface area contributed by atoms with Gasteiger partial charge in [0.1, 0.15) is 11.7 Å². The van der Waals surface area contributed by atoms with E-state index in [2.05, 4.69) is 0 Å². The molecule has 1 aliphatic heterocycles. The number of nitrogens with zero attached hydrogens (tertiary/aromatic N) is 1. The Bertz CT molecular complexity index is 911. The van der Waals surface area contributed by atoms with Gasteiger partial charge in [0.15, 0.2) is 23.3 Å². The van der Waals surface area contributed by atoms with Crippen LogP contribution in [0.1, 0.15) is 22.6 Å². The molecule has 3 nitrogen and oxygen atoms in total. The molecule has 0 N–H and O–H groups in total. The van der Waals surface area contributed by atoms with Gasteiger partial charge in [0.05, 0.1) is 0 Å². The zero-order chi connectivity index (χ0) is 19.9. The summed E-state index contributed by atoms with van der Waals surface area (Å²) in [5.41, 5.74) is 1.17. The van der Waals surface area contributed by atoms with E-state index in [1.54, 1.807) is 7.05 Å². The Kier molecular flexibility index (Phi) is 5.04. The SMILES string of the molecule is Cc1ccc([C@H]2CN(C)C(=O)[C@@H]2C(=O)Cc2cc(F)c(F)c(F)c2F)cc1. The van der Waals surface area contributed by atoms with E-state index in [0.29, 0.717) is 12.6 Å². The van der Waals surface area contributed by atoms with Crippen molar-refractivity contribution in [3.8, 4) is 0 Å². The minimum atomic E-state index is -1.97. The lowest BCUT2D eigenvalue weighted by atomic mass is 9.83. The number of hydrogen-bond donors (Lipinski definition) is 0. The van der Waals surface area contributed by atoms with Crippen molar-refractivity contribution in [1.29, 1.82) is 0 Å². The van der Waals surface area contributed by atoms with Crippen LogP contribution >= 0.6 is 0 Å². The molecule has 1 saturated heterocycles. The van der Waals surface area contributed by atoms with Gasteiger partial charge in [0, 0.05) is 31.5 Å². The molecule has 27 heavy (non-hydrogen) atoms. The molecule has 0 aliphatic carbocycles. The largest absolute Gasteiger partial charge is 0.344 e. The number of benzene rings is 2. The summed E-state index contributed by atoms with van der Waals surface area (Å²) < 4.78 is 53.8. The van der Waals surface area contributed by atoms with E-state index in [0.717, 1.165) is 11.1 Å². The summed E-state index contributed by atoms with van der Waals surface area (Å²) in [4.78, 5) is 26.6. The summed E-state index contributed by atoms with van der Waals surface area (Å²) in [6.45, 7) is 2.20. The highest BCUT2D eigenvalue weighted by atomic mass is 19.2. The zero-order valence-electron chi connectivity index (χ0n) is 14.7. The third-order valence-corrected chi connectivity index (χ3v) is 4.91. The van der Waals surface area contributed by atoms with Gasteiger partial charge in [-0.2, -0.15) is 0 Å². The number of aryl methyl sites for hydroxylation is 1. The highest BCUT2D eigenvalue weighted by molar-refractivity contribution is 6.04. The Morgan fingerprint density at radius 2 is 1.70 bits per heavy atom. The number of halogens is 4. The molecular weight excluding hydrogens is 362 g/mol. The van der Waals surface area contributed by atoms with Crippen LogP contribution < -0.4 is 0 Å². The molecule has 0 bridgehead atoms. The molecule has 0 unspecified atom stereocenters. The Morgan fingerprint density at radius 3 is 2.33 bits per heavy atom. The van der Waals surface area contributed by atoms with Crippen molar-refractivity contribution in [2.45, 2.75) is 19.3 Å². The summed E-state index contributed by atoms with van der Waals surface area (Å²) in [5.74, 6) is -9.74. The Balaban J connectivity index is 1.92. The second-order valence-corrected chi connectivity index (χ2v) is 6.82. The molecule has 0 spiro atoms. The van der Waals surface area contributed by atoms with Gasteiger partial charge < -0.3 is 4.90 Å². The third kappa shape index (κ3) is 3.46. The number of Topliss-reactive ketones (excluding diaryl/α,β-unsaturated/α-hetero) is 1. The first-order valence-corrected chi connectivity index (χ1v) is 8.36. The molecule has 1 aliphatic rings. The third-order valence-electron chi connectivity index (χ3n) is 4.91. The monoisotopic (exact) mass is 379 g/mol. The first kappa shape index (κ1) is 19.1. The lowest BCUT2D eigenvalue weighted by molar-refractivity contribution is -0.136. The maximum Gasteiger partial charge on any atom is 0.233 e. The molecule has 0 aromatic heterocycles. The second kappa shape index (κ2) is 7.13. The molecular formula is C20H17F4NO2. The normalized spacial score (nSPS) is 19.6. The number of rotatable bonds is 4. The molecule has 0 radical (unpaired) electrons. The lowest BCUT2D eigenvalue weighted by Gasteiger charge is -2.17. The van der Waals surface area contributed by atoms with Crippen molar-refractivity contribution in [3.05, 3.63) is 70.3 Å². The summed E-state index contributed by atoms with van der Waals surface area (Å²) in [6.07, 6.45) is -0.702. The fourth-order valence-corrected chi connectivity index (χ4v) is 3.42. The predicted molar refractivity (Wildman–Crippen MR) is 90.0 cm³/mol. The average molecular weight is 379 g/mol. The molecule has 2 atom stereocenters. The minimum Gasteiger partial charge on any atom is -0.344 e. The van der Waals surface area contributed by atoms with Crippen LogP contribution in [0.5, 0.6) is 0 Å². The number of carbonyl (C=O) groups is 2. The fourth-order valence-electron chi connectivity index (χ4n) is 3.42. The molecule has 1 fully saturated rings. The van der Waals surface area contributed by atoms with Gasteiger partial charge in [-0.25, -0.2) is 17.6 Å². The number of carbonyl (C=O) groups excluding carboxylic acids is 2. The highest BCUT2D eigenvalue weighted by Gasteiger charge is 2.44.